The molecule has 0 aliphatic heterocycles. The van der Waals surface area contributed by atoms with Crippen LogP contribution in [-0.4, -0.2) is 48.9 Å². The fourth-order valence-electron chi connectivity index (χ4n) is 2.13. The highest BCUT2D eigenvalue weighted by Gasteiger charge is 2.20. The van der Waals surface area contributed by atoms with E-state index < -0.39 is 6.10 Å². The Morgan fingerprint density at radius 3 is 2.87 bits per heavy atom. The van der Waals surface area contributed by atoms with E-state index in [1.165, 1.54) is 12.8 Å². The summed E-state index contributed by atoms with van der Waals surface area (Å²) in [4.78, 5) is 8.38. The third-order valence-electron chi connectivity index (χ3n) is 3.67. The average Bonchev–Trinajstić information content (AvgIpc) is 3.40. The monoisotopic (exact) mass is 320 g/mol. The maximum absolute atomic E-state index is 10.1. The van der Waals surface area contributed by atoms with Gasteiger partial charge in [0.15, 0.2) is 5.96 Å². The van der Waals surface area contributed by atoms with E-state index in [4.69, 9.17) is 4.74 Å². The molecule has 23 heavy (non-hydrogen) atoms. The summed E-state index contributed by atoms with van der Waals surface area (Å²) in [6.45, 7) is 5.62. The molecule has 0 aromatic carbocycles. The highest BCUT2D eigenvalue weighted by molar-refractivity contribution is 5.79. The van der Waals surface area contributed by atoms with Crippen molar-refractivity contribution in [1.82, 2.24) is 15.6 Å². The zero-order chi connectivity index (χ0) is 16.3. The number of rotatable bonds is 10. The molecule has 6 heteroatoms. The summed E-state index contributed by atoms with van der Waals surface area (Å²) in [5.41, 5.74) is 0.827. The molecule has 1 aromatic heterocycles. The molecule has 0 radical (unpaired) electrons. The van der Waals surface area contributed by atoms with Crippen molar-refractivity contribution in [3.8, 4) is 0 Å². The number of aliphatic imine (C=N–C) groups is 1. The molecule has 1 aliphatic carbocycles. The summed E-state index contributed by atoms with van der Waals surface area (Å²) in [6.07, 6.45) is 6.34. The molecule has 1 saturated carbocycles. The number of hydrogen-bond donors (Lipinski definition) is 3. The van der Waals surface area contributed by atoms with Crippen LogP contribution in [-0.2, 0) is 4.74 Å². The number of aliphatic hydroxyl groups excluding tert-OH is 1. The number of guanidine groups is 1. The van der Waals surface area contributed by atoms with Gasteiger partial charge in [0.1, 0.15) is 0 Å². The van der Waals surface area contributed by atoms with E-state index in [-0.39, 0.29) is 0 Å². The summed E-state index contributed by atoms with van der Waals surface area (Å²) < 4.78 is 5.61. The van der Waals surface area contributed by atoms with Crippen molar-refractivity contribution in [2.24, 2.45) is 10.9 Å². The van der Waals surface area contributed by atoms with Crippen molar-refractivity contribution in [1.29, 1.82) is 0 Å². The molecule has 1 aliphatic rings. The molecule has 3 N–H and O–H groups in total. The van der Waals surface area contributed by atoms with Crippen molar-refractivity contribution in [2.75, 3.05) is 32.8 Å². The summed E-state index contributed by atoms with van der Waals surface area (Å²) in [7, 11) is 0. The van der Waals surface area contributed by atoms with E-state index in [2.05, 4.69) is 20.6 Å². The van der Waals surface area contributed by atoms with Crippen LogP contribution in [0.4, 0.5) is 0 Å². The van der Waals surface area contributed by atoms with Crippen LogP contribution in [0.5, 0.6) is 0 Å². The van der Waals surface area contributed by atoms with Crippen molar-refractivity contribution in [3.05, 3.63) is 30.1 Å². The number of pyridine rings is 1. The largest absolute Gasteiger partial charge is 0.386 e. The number of nitrogens with zero attached hydrogens (tertiary/aromatic N) is 2. The van der Waals surface area contributed by atoms with E-state index in [1.807, 2.05) is 6.92 Å². The summed E-state index contributed by atoms with van der Waals surface area (Å²) in [6, 6.07) is 3.61. The van der Waals surface area contributed by atoms with Gasteiger partial charge in [0.05, 0.1) is 12.6 Å². The fraction of sp³-hybridized carbons (Fsp3) is 0.647. The van der Waals surface area contributed by atoms with Crippen molar-refractivity contribution in [3.63, 3.8) is 0 Å². The van der Waals surface area contributed by atoms with Crippen LogP contribution in [0.15, 0.2) is 29.5 Å². The van der Waals surface area contributed by atoms with Crippen LogP contribution in [0.25, 0.3) is 0 Å². The lowest BCUT2D eigenvalue weighted by molar-refractivity contribution is 0.123. The lowest BCUT2D eigenvalue weighted by Crippen LogP contribution is -2.38. The van der Waals surface area contributed by atoms with Gasteiger partial charge in [0.2, 0.25) is 0 Å². The molecule has 1 aromatic rings. The number of hydrogen-bond acceptors (Lipinski definition) is 4. The molecule has 1 fully saturated rings. The van der Waals surface area contributed by atoms with E-state index >= 15 is 0 Å². The lowest BCUT2D eigenvalue weighted by Gasteiger charge is -2.13. The minimum absolute atomic E-state index is 0.317. The number of ether oxygens (including phenoxy) is 1. The van der Waals surface area contributed by atoms with Gasteiger partial charge in [-0.1, -0.05) is 0 Å². The first kappa shape index (κ1) is 17.7. The molecule has 1 unspecified atom stereocenters. The van der Waals surface area contributed by atoms with Gasteiger partial charge in [0, 0.05) is 38.7 Å². The number of aliphatic hydroxyl groups is 1. The first-order valence-electron chi connectivity index (χ1n) is 8.47. The maximum Gasteiger partial charge on any atom is 0.191 e. The van der Waals surface area contributed by atoms with Gasteiger partial charge in [-0.15, -0.1) is 0 Å². The quantitative estimate of drug-likeness (QED) is 0.346. The smallest absolute Gasteiger partial charge is 0.191 e. The Bertz CT molecular complexity index is 463. The predicted octanol–water partition coefficient (Wildman–Crippen LogP) is 1.49. The second kappa shape index (κ2) is 10.2. The fourth-order valence-corrected chi connectivity index (χ4v) is 2.13. The third-order valence-corrected chi connectivity index (χ3v) is 3.67. The standard InChI is InChI=1S/C17H28N4O2/c1-2-19-17(20-8-3-11-23-13-14-4-5-14)21-12-16(22)15-6-9-18-10-7-15/h6-7,9-10,14,16,22H,2-5,8,11-13H2,1H3,(H2,19,20,21). The molecule has 0 saturated heterocycles. The second-order valence-corrected chi connectivity index (χ2v) is 5.81. The summed E-state index contributed by atoms with van der Waals surface area (Å²) in [5.74, 6) is 1.54. The van der Waals surface area contributed by atoms with Crippen LogP contribution in [0.1, 0.15) is 37.9 Å². The Morgan fingerprint density at radius 2 is 2.17 bits per heavy atom. The Labute approximate surface area is 138 Å². The highest BCUT2D eigenvalue weighted by Crippen LogP contribution is 2.28. The van der Waals surface area contributed by atoms with E-state index in [0.717, 1.165) is 50.2 Å². The van der Waals surface area contributed by atoms with E-state index in [1.54, 1.807) is 24.5 Å². The molecule has 0 bridgehead atoms. The van der Waals surface area contributed by atoms with Crippen LogP contribution in [0, 0.1) is 5.92 Å². The summed E-state index contributed by atoms with van der Waals surface area (Å²) in [5, 5.41) is 16.6. The molecular weight excluding hydrogens is 292 g/mol. The predicted molar refractivity (Wildman–Crippen MR) is 91.3 cm³/mol. The molecule has 6 nitrogen and oxygen atoms in total. The Balaban J connectivity index is 1.66. The van der Waals surface area contributed by atoms with Crippen LogP contribution in [0.2, 0.25) is 0 Å². The average molecular weight is 320 g/mol. The third kappa shape index (κ3) is 7.43. The van der Waals surface area contributed by atoms with Gasteiger partial charge in [0.25, 0.3) is 0 Å². The van der Waals surface area contributed by atoms with E-state index in [0.29, 0.717) is 6.54 Å². The second-order valence-electron chi connectivity index (χ2n) is 5.81. The van der Waals surface area contributed by atoms with Gasteiger partial charge in [-0.25, -0.2) is 0 Å². The Hall–Kier alpha value is -1.66. The van der Waals surface area contributed by atoms with Gasteiger partial charge in [-0.3, -0.25) is 9.98 Å². The van der Waals surface area contributed by atoms with Crippen molar-refractivity contribution >= 4 is 5.96 Å². The van der Waals surface area contributed by atoms with Gasteiger partial charge < -0.3 is 20.5 Å². The minimum atomic E-state index is -0.615. The van der Waals surface area contributed by atoms with Crippen molar-refractivity contribution < 1.29 is 9.84 Å². The zero-order valence-electron chi connectivity index (χ0n) is 13.9. The molecule has 1 heterocycles. The Morgan fingerprint density at radius 1 is 1.39 bits per heavy atom. The number of nitrogens with one attached hydrogen (secondary N) is 2. The van der Waals surface area contributed by atoms with Gasteiger partial charge >= 0.3 is 0 Å². The zero-order valence-corrected chi connectivity index (χ0v) is 13.9. The topological polar surface area (TPSA) is 78.8 Å². The highest BCUT2D eigenvalue weighted by atomic mass is 16.5. The number of aromatic nitrogens is 1. The SMILES string of the molecule is CCNC(=NCC(O)c1ccncc1)NCCCOCC1CC1. The van der Waals surface area contributed by atoms with Gasteiger partial charge in [-0.05, 0) is 49.8 Å². The molecule has 0 spiro atoms. The van der Waals surface area contributed by atoms with Crippen molar-refractivity contribution in [2.45, 2.75) is 32.3 Å². The maximum atomic E-state index is 10.1. The van der Waals surface area contributed by atoms with Crippen LogP contribution in [0.3, 0.4) is 0 Å². The first-order chi connectivity index (χ1) is 11.3. The molecule has 2 rings (SSSR count). The molecule has 1 atom stereocenters. The molecule has 0 amide bonds. The lowest BCUT2D eigenvalue weighted by atomic mass is 10.1. The normalized spacial score (nSPS) is 16.2. The Kier molecular flexibility index (Phi) is 7.83. The minimum Gasteiger partial charge on any atom is -0.386 e. The van der Waals surface area contributed by atoms with Crippen LogP contribution >= 0.6 is 0 Å². The molecular formula is C17H28N4O2. The van der Waals surface area contributed by atoms with Crippen LogP contribution < -0.4 is 10.6 Å². The van der Waals surface area contributed by atoms with E-state index in [9.17, 15) is 5.11 Å². The molecule has 128 valence electrons. The van der Waals surface area contributed by atoms with Gasteiger partial charge in [-0.2, -0.15) is 0 Å². The summed E-state index contributed by atoms with van der Waals surface area (Å²) >= 11 is 0. The first-order valence-corrected chi connectivity index (χ1v) is 8.47.